The van der Waals surface area contributed by atoms with Crippen molar-refractivity contribution in [1.82, 2.24) is 4.90 Å². The van der Waals surface area contributed by atoms with Gasteiger partial charge >= 0.3 is 0 Å². The Labute approximate surface area is 236 Å². The van der Waals surface area contributed by atoms with Gasteiger partial charge in [-0.05, 0) is 88.0 Å². The number of anilines is 2. The lowest BCUT2D eigenvalue weighted by Crippen LogP contribution is -2.44. The van der Waals surface area contributed by atoms with Crippen molar-refractivity contribution < 1.29 is 4.79 Å². The predicted molar refractivity (Wildman–Crippen MR) is 169 cm³/mol. The number of aryl methyl sites for hydroxylation is 1. The average Bonchev–Trinajstić information content (AvgIpc) is 2.99. The summed E-state index contributed by atoms with van der Waals surface area (Å²) in [5, 5.41) is 7.77. The molecule has 4 heteroatoms. The maximum absolute atomic E-state index is 12.5. The van der Waals surface area contributed by atoms with Gasteiger partial charge in [0.15, 0.2) is 0 Å². The van der Waals surface area contributed by atoms with Gasteiger partial charge in [-0.3, -0.25) is 4.79 Å². The lowest BCUT2D eigenvalue weighted by atomic mass is 9.77. The molecule has 1 heterocycles. The van der Waals surface area contributed by atoms with Gasteiger partial charge in [0.1, 0.15) is 0 Å². The van der Waals surface area contributed by atoms with Gasteiger partial charge in [0.2, 0.25) is 5.91 Å². The first-order chi connectivity index (χ1) is 19.5. The summed E-state index contributed by atoms with van der Waals surface area (Å²) in [5.41, 5.74) is 6.64. The molecule has 5 aromatic rings. The van der Waals surface area contributed by atoms with Crippen LogP contribution in [0, 0.1) is 0 Å². The van der Waals surface area contributed by atoms with Gasteiger partial charge in [-0.2, -0.15) is 0 Å². The molecule has 1 aliphatic carbocycles. The van der Waals surface area contributed by atoms with Crippen molar-refractivity contribution in [3.05, 3.63) is 95.6 Å². The topological polar surface area (TPSA) is 26.8 Å². The summed E-state index contributed by atoms with van der Waals surface area (Å²) in [4.78, 5) is 19.3. The van der Waals surface area contributed by atoms with E-state index in [1.807, 2.05) is 11.9 Å². The van der Waals surface area contributed by atoms with E-state index >= 15 is 0 Å². The van der Waals surface area contributed by atoms with E-state index in [1.54, 1.807) is 6.92 Å². The molecule has 1 saturated heterocycles. The van der Waals surface area contributed by atoms with Gasteiger partial charge in [0.25, 0.3) is 0 Å². The van der Waals surface area contributed by atoms with Crippen LogP contribution in [-0.2, 0) is 17.6 Å². The number of amides is 1. The fourth-order valence-electron chi connectivity index (χ4n) is 7.07. The molecule has 1 unspecified atom stereocenters. The van der Waals surface area contributed by atoms with Crippen LogP contribution >= 0.6 is 0 Å². The minimum atomic E-state index is 0.0717. The second-order valence-electron chi connectivity index (χ2n) is 11.8. The number of carbonyl (C=O) groups excluding carboxylic acids is 1. The van der Waals surface area contributed by atoms with Crippen LogP contribution in [0.3, 0.4) is 0 Å². The van der Waals surface area contributed by atoms with Gasteiger partial charge in [0.05, 0.1) is 5.69 Å². The van der Waals surface area contributed by atoms with Crippen LogP contribution in [0.4, 0.5) is 11.4 Å². The first-order valence-corrected chi connectivity index (χ1v) is 14.6. The van der Waals surface area contributed by atoms with Gasteiger partial charge < -0.3 is 14.7 Å². The number of nitrogens with zero attached hydrogens (tertiary/aromatic N) is 3. The zero-order chi connectivity index (χ0) is 27.4. The largest absolute Gasteiger partial charge is 0.369 e. The normalized spacial score (nSPS) is 17.9. The Morgan fingerprint density at radius 2 is 1.55 bits per heavy atom. The number of benzene rings is 5. The van der Waals surface area contributed by atoms with Crippen LogP contribution in [-0.4, -0.2) is 51.1 Å². The van der Waals surface area contributed by atoms with Gasteiger partial charge in [-0.15, -0.1) is 0 Å². The standard InChI is InChI=1S/C36H37N3O/c1-24(40)38(3)36-32-7-5-4-6-25(32)8-14-33(36)27-9-13-30-26(22-27)10-15-35-31-17-12-29(23-28(31)11-16-34(30)35)39-20-18-37(2)19-21-39/h4-8,10-12,14-17,23,27H,9,13,18-22H2,1-3H3. The van der Waals surface area contributed by atoms with Crippen molar-refractivity contribution in [3.63, 3.8) is 0 Å². The Morgan fingerprint density at radius 1 is 0.800 bits per heavy atom. The smallest absolute Gasteiger partial charge is 0.223 e. The molecule has 40 heavy (non-hydrogen) atoms. The molecule has 0 saturated carbocycles. The van der Waals surface area contributed by atoms with Crippen LogP contribution < -0.4 is 9.80 Å². The minimum absolute atomic E-state index is 0.0717. The Morgan fingerprint density at radius 3 is 2.38 bits per heavy atom. The maximum Gasteiger partial charge on any atom is 0.223 e. The van der Waals surface area contributed by atoms with E-state index in [0.29, 0.717) is 5.92 Å². The summed E-state index contributed by atoms with van der Waals surface area (Å²) in [6, 6.07) is 29.3. The molecule has 5 aromatic carbocycles. The number of fused-ring (bicyclic) bond motifs is 6. The number of hydrogen-bond acceptors (Lipinski definition) is 3. The summed E-state index contributed by atoms with van der Waals surface area (Å²) in [5.74, 6) is 0.459. The summed E-state index contributed by atoms with van der Waals surface area (Å²) in [7, 11) is 4.12. The third-order valence-corrected chi connectivity index (χ3v) is 9.47. The zero-order valence-corrected chi connectivity index (χ0v) is 23.8. The molecule has 0 N–H and O–H groups in total. The van der Waals surface area contributed by atoms with E-state index in [4.69, 9.17) is 0 Å². The van der Waals surface area contributed by atoms with Crippen LogP contribution in [0.25, 0.3) is 32.3 Å². The van der Waals surface area contributed by atoms with E-state index in [2.05, 4.69) is 95.7 Å². The van der Waals surface area contributed by atoms with Crippen LogP contribution in [0.5, 0.6) is 0 Å². The fourth-order valence-corrected chi connectivity index (χ4v) is 7.07. The van der Waals surface area contributed by atoms with Crippen molar-refractivity contribution in [2.24, 2.45) is 0 Å². The average molecular weight is 528 g/mol. The van der Waals surface area contributed by atoms with Gasteiger partial charge in [-0.1, -0.05) is 66.7 Å². The summed E-state index contributed by atoms with van der Waals surface area (Å²) >= 11 is 0. The SMILES string of the molecule is CC(=O)N(C)c1c(C2CCc3c(ccc4c3ccc3cc(N5CCN(C)CC5)ccc34)C2)ccc2ccccc12. The van der Waals surface area contributed by atoms with Gasteiger partial charge in [-0.25, -0.2) is 0 Å². The first-order valence-electron chi connectivity index (χ1n) is 14.6. The highest BCUT2D eigenvalue weighted by atomic mass is 16.2. The quantitative estimate of drug-likeness (QED) is 0.233. The van der Waals surface area contributed by atoms with E-state index in [9.17, 15) is 4.79 Å². The second kappa shape index (κ2) is 9.94. The first kappa shape index (κ1) is 25.1. The molecule has 0 aromatic heterocycles. The highest BCUT2D eigenvalue weighted by Gasteiger charge is 2.27. The predicted octanol–water partition coefficient (Wildman–Crippen LogP) is 7.15. The van der Waals surface area contributed by atoms with E-state index in [-0.39, 0.29) is 5.91 Å². The molecule has 0 spiro atoms. The highest BCUT2D eigenvalue weighted by molar-refractivity contribution is 6.10. The summed E-state index contributed by atoms with van der Waals surface area (Å²) < 4.78 is 0. The molecular weight excluding hydrogens is 490 g/mol. The summed E-state index contributed by atoms with van der Waals surface area (Å²) in [6.45, 7) is 6.08. The second-order valence-corrected chi connectivity index (χ2v) is 11.8. The molecule has 1 aliphatic heterocycles. The number of piperazine rings is 1. The molecule has 7 rings (SSSR count). The fraction of sp³-hybridized carbons (Fsp3) is 0.306. The monoisotopic (exact) mass is 527 g/mol. The zero-order valence-electron chi connectivity index (χ0n) is 23.8. The summed E-state index contributed by atoms with van der Waals surface area (Å²) in [6.07, 6.45) is 3.14. The lowest BCUT2D eigenvalue weighted by molar-refractivity contribution is -0.116. The lowest BCUT2D eigenvalue weighted by Gasteiger charge is -2.34. The number of rotatable bonds is 3. The van der Waals surface area contributed by atoms with Crippen LogP contribution in [0.15, 0.2) is 78.9 Å². The Balaban J connectivity index is 1.25. The molecule has 1 amide bonds. The Kier molecular flexibility index (Phi) is 6.24. The Hall–Kier alpha value is -3.89. The van der Waals surface area contributed by atoms with Crippen LogP contribution in [0.2, 0.25) is 0 Å². The molecule has 0 radical (unpaired) electrons. The number of likely N-dealkylation sites (N-methyl/N-ethyl adjacent to an activating group) is 1. The van der Waals surface area contributed by atoms with E-state index in [1.165, 1.54) is 49.3 Å². The van der Waals surface area contributed by atoms with Crippen LogP contribution in [0.1, 0.15) is 36.0 Å². The number of hydrogen-bond donors (Lipinski definition) is 0. The van der Waals surface area contributed by atoms with Crippen molar-refractivity contribution in [3.8, 4) is 0 Å². The Bertz CT molecular complexity index is 1770. The molecule has 2 aliphatic rings. The maximum atomic E-state index is 12.5. The molecule has 1 fully saturated rings. The molecule has 1 atom stereocenters. The van der Waals surface area contributed by atoms with Crippen molar-refractivity contribution in [1.29, 1.82) is 0 Å². The van der Waals surface area contributed by atoms with Gasteiger partial charge in [0, 0.05) is 51.2 Å². The van der Waals surface area contributed by atoms with E-state index in [0.717, 1.165) is 56.5 Å². The molecule has 202 valence electrons. The molecule has 0 bridgehead atoms. The third-order valence-electron chi connectivity index (χ3n) is 9.47. The molecule has 4 nitrogen and oxygen atoms in total. The number of carbonyl (C=O) groups is 1. The van der Waals surface area contributed by atoms with Crippen molar-refractivity contribution in [2.75, 3.05) is 50.1 Å². The van der Waals surface area contributed by atoms with Crippen molar-refractivity contribution in [2.45, 2.75) is 32.1 Å². The minimum Gasteiger partial charge on any atom is -0.369 e. The third kappa shape index (κ3) is 4.22. The van der Waals surface area contributed by atoms with E-state index < -0.39 is 0 Å². The molecular formula is C36H37N3O. The van der Waals surface area contributed by atoms with Crippen molar-refractivity contribution >= 4 is 49.6 Å². The highest BCUT2D eigenvalue weighted by Crippen LogP contribution is 2.43.